The van der Waals surface area contributed by atoms with E-state index in [0.717, 1.165) is 0 Å². The van der Waals surface area contributed by atoms with Crippen LogP contribution in [0.1, 0.15) is 16.8 Å². The number of rotatable bonds is 6. The molecule has 1 unspecified atom stereocenters. The fourth-order valence-electron chi connectivity index (χ4n) is 1.31. The number of methoxy groups -OCH3 is 1. The van der Waals surface area contributed by atoms with Crippen molar-refractivity contribution in [3.05, 3.63) is 29.8 Å². The average Bonchev–Trinajstić information content (AvgIpc) is 2.36. The van der Waals surface area contributed by atoms with Gasteiger partial charge in [-0.2, -0.15) is 0 Å². The summed E-state index contributed by atoms with van der Waals surface area (Å²) >= 11 is 0. The number of carboxylic acids is 1. The third-order valence-electron chi connectivity index (χ3n) is 2.37. The van der Waals surface area contributed by atoms with E-state index in [0.29, 0.717) is 18.7 Å². The van der Waals surface area contributed by atoms with Gasteiger partial charge in [-0.15, -0.1) is 0 Å². The van der Waals surface area contributed by atoms with Crippen LogP contribution in [0.3, 0.4) is 0 Å². The molecule has 6 heteroatoms. The van der Waals surface area contributed by atoms with Gasteiger partial charge in [0.15, 0.2) is 0 Å². The minimum atomic E-state index is -1.01. The van der Waals surface area contributed by atoms with Crippen molar-refractivity contribution in [2.45, 2.75) is 12.5 Å². The molecule has 1 aromatic rings. The molecule has 1 amide bonds. The van der Waals surface area contributed by atoms with Crippen LogP contribution in [0.15, 0.2) is 24.3 Å². The van der Waals surface area contributed by atoms with Crippen molar-refractivity contribution in [2.24, 2.45) is 5.73 Å². The van der Waals surface area contributed by atoms with Crippen molar-refractivity contribution in [1.82, 2.24) is 0 Å². The number of amides is 1. The maximum absolute atomic E-state index is 11.6. The van der Waals surface area contributed by atoms with Gasteiger partial charge >= 0.3 is 5.97 Å². The standard InChI is InChI=1S/C12H16N2O4/c1-18-7-6-10(13)11(15)14-9-4-2-8(3-5-9)12(16)17/h2-5,10H,6-7,13H2,1H3,(H,14,15)(H,16,17). The van der Waals surface area contributed by atoms with Gasteiger partial charge in [0.2, 0.25) is 5.91 Å². The quantitative estimate of drug-likeness (QED) is 0.691. The first-order valence-electron chi connectivity index (χ1n) is 5.43. The van der Waals surface area contributed by atoms with E-state index in [4.69, 9.17) is 15.6 Å². The number of hydrogen-bond acceptors (Lipinski definition) is 4. The number of anilines is 1. The normalized spacial score (nSPS) is 11.9. The molecule has 98 valence electrons. The Morgan fingerprint density at radius 2 is 2.00 bits per heavy atom. The maximum Gasteiger partial charge on any atom is 0.335 e. The van der Waals surface area contributed by atoms with E-state index in [1.807, 2.05) is 0 Å². The first kappa shape index (κ1) is 14.1. The van der Waals surface area contributed by atoms with Crippen LogP contribution in [0, 0.1) is 0 Å². The summed E-state index contributed by atoms with van der Waals surface area (Å²) < 4.78 is 4.83. The Morgan fingerprint density at radius 3 is 2.50 bits per heavy atom. The topological polar surface area (TPSA) is 102 Å². The Labute approximate surface area is 105 Å². The third-order valence-corrected chi connectivity index (χ3v) is 2.37. The molecule has 0 saturated heterocycles. The van der Waals surface area contributed by atoms with E-state index in [-0.39, 0.29) is 11.5 Å². The highest BCUT2D eigenvalue weighted by Gasteiger charge is 2.13. The van der Waals surface area contributed by atoms with Gasteiger partial charge in [0, 0.05) is 19.4 Å². The van der Waals surface area contributed by atoms with Crippen LogP contribution < -0.4 is 11.1 Å². The number of aromatic carboxylic acids is 1. The highest BCUT2D eigenvalue weighted by Crippen LogP contribution is 2.10. The lowest BCUT2D eigenvalue weighted by molar-refractivity contribution is -0.117. The van der Waals surface area contributed by atoms with E-state index in [2.05, 4.69) is 5.32 Å². The van der Waals surface area contributed by atoms with Gasteiger partial charge in [-0.05, 0) is 30.7 Å². The lowest BCUT2D eigenvalue weighted by atomic mass is 10.2. The number of carbonyl (C=O) groups is 2. The summed E-state index contributed by atoms with van der Waals surface area (Å²) in [6.07, 6.45) is 0.426. The Bertz CT molecular complexity index is 417. The molecule has 0 radical (unpaired) electrons. The zero-order valence-corrected chi connectivity index (χ0v) is 10.1. The second-order valence-corrected chi connectivity index (χ2v) is 3.76. The van der Waals surface area contributed by atoms with Gasteiger partial charge in [-0.25, -0.2) is 4.79 Å². The van der Waals surface area contributed by atoms with Crippen molar-refractivity contribution in [2.75, 3.05) is 19.0 Å². The minimum Gasteiger partial charge on any atom is -0.478 e. The summed E-state index contributed by atoms with van der Waals surface area (Å²) in [7, 11) is 1.54. The molecule has 0 bridgehead atoms. The van der Waals surface area contributed by atoms with Gasteiger partial charge in [0.05, 0.1) is 11.6 Å². The summed E-state index contributed by atoms with van der Waals surface area (Å²) in [4.78, 5) is 22.3. The Hall–Kier alpha value is -1.92. The molecule has 0 heterocycles. The van der Waals surface area contributed by atoms with Crippen LogP contribution in [0.2, 0.25) is 0 Å². The van der Waals surface area contributed by atoms with E-state index >= 15 is 0 Å². The molecule has 0 aliphatic heterocycles. The highest BCUT2D eigenvalue weighted by molar-refractivity contribution is 5.95. The Balaban J connectivity index is 2.56. The van der Waals surface area contributed by atoms with Gasteiger partial charge in [-0.3, -0.25) is 4.79 Å². The van der Waals surface area contributed by atoms with E-state index < -0.39 is 12.0 Å². The van der Waals surface area contributed by atoms with Crippen molar-refractivity contribution in [3.8, 4) is 0 Å². The number of benzene rings is 1. The van der Waals surface area contributed by atoms with Crippen LogP contribution in [0.4, 0.5) is 5.69 Å². The summed E-state index contributed by atoms with van der Waals surface area (Å²) in [5, 5.41) is 11.3. The number of nitrogens with one attached hydrogen (secondary N) is 1. The smallest absolute Gasteiger partial charge is 0.335 e. The zero-order chi connectivity index (χ0) is 13.5. The van der Waals surface area contributed by atoms with Crippen LogP contribution >= 0.6 is 0 Å². The molecule has 6 nitrogen and oxygen atoms in total. The first-order chi connectivity index (χ1) is 8.54. The number of nitrogens with two attached hydrogens (primary N) is 1. The summed E-state index contributed by atoms with van der Waals surface area (Å²) in [5.41, 5.74) is 6.32. The molecular formula is C12H16N2O4. The lowest BCUT2D eigenvalue weighted by Crippen LogP contribution is -2.36. The summed E-state index contributed by atoms with van der Waals surface area (Å²) in [6.45, 7) is 0.409. The molecule has 1 atom stereocenters. The molecule has 18 heavy (non-hydrogen) atoms. The fourth-order valence-corrected chi connectivity index (χ4v) is 1.31. The van der Waals surface area contributed by atoms with E-state index in [9.17, 15) is 9.59 Å². The van der Waals surface area contributed by atoms with Crippen LogP contribution in [-0.4, -0.2) is 36.7 Å². The second-order valence-electron chi connectivity index (χ2n) is 3.76. The molecule has 0 aliphatic rings. The van der Waals surface area contributed by atoms with Crippen molar-refractivity contribution in [1.29, 1.82) is 0 Å². The van der Waals surface area contributed by atoms with Crippen LogP contribution in [0.25, 0.3) is 0 Å². The van der Waals surface area contributed by atoms with Crippen LogP contribution in [-0.2, 0) is 9.53 Å². The Morgan fingerprint density at radius 1 is 1.39 bits per heavy atom. The largest absolute Gasteiger partial charge is 0.478 e. The van der Waals surface area contributed by atoms with Crippen molar-refractivity contribution in [3.63, 3.8) is 0 Å². The van der Waals surface area contributed by atoms with E-state index in [1.165, 1.54) is 31.4 Å². The van der Waals surface area contributed by atoms with Gasteiger partial charge < -0.3 is 20.9 Å². The molecule has 0 saturated carbocycles. The summed E-state index contributed by atoms with van der Waals surface area (Å²) in [6, 6.07) is 5.22. The molecule has 1 rings (SSSR count). The van der Waals surface area contributed by atoms with Gasteiger partial charge in [-0.1, -0.05) is 0 Å². The predicted octanol–water partition coefficient (Wildman–Crippen LogP) is 0.687. The molecule has 0 spiro atoms. The monoisotopic (exact) mass is 252 g/mol. The molecule has 1 aromatic carbocycles. The van der Waals surface area contributed by atoms with Crippen molar-refractivity contribution >= 4 is 17.6 Å². The maximum atomic E-state index is 11.6. The zero-order valence-electron chi connectivity index (χ0n) is 10.1. The summed E-state index contributed by atoms with van der Waals surface area (Å²) in [5.74, 6) is -1.33. The van der Waals surface area contributed by atoms with Gasteiger partial charge in [0.1, 0.15) is 0 Å². The fraction of sp³-hybridized carbons (Fsp3) is 0.333. The second kappa shape index (κ2) is 6.73. The minimum absolute atomic E-state index is 0.164. The molecule has 0 aliphatic carbocycles. The number of carboxylic acid groups (broad SMARTS) is 1. The third kappa shape index (κ3) is 4.15. The predicted molar refractivity (Wildman–Crippen MR) is 66.5 cm³/mol. The Kier molecular flexibility index (Phi) is 5.29. The SMILES string of the molecule is COCCC(N)C(=O)Nc1ccc(C(=O)O)cc1. The molecule has 0 fully saturated rings. The number of ether oxygens (including phenoxy) is 1. The van der Waals surface area contributed by atoms with Crippen molar-refractivity contribution < 1.29 is 19.4 Å². The molecule has 4 N–H and O–H groups in total. The van der Waals surface area contributed by atoms with Crippen LogP contribution in [0.5, 0.6) is 0 Å². The first-order valence-corrected chi connectivity index (χ1v) is 5.43. The molecular weight excluding hydrogens is 236 g/mol. The van der Waals surface area contributed by atoms with E-state index in [1.54, 1.807) is 0 Å². The number of carbonyl (C=O) groups excluding carboxylic acids is 1. The lowest BCUT2D eigenvalue weighted by Gasteiger charge is -2.11. The average molecular weight is 252 g/mol. The highest BCUT2D eigenvalue weighted by atomic mass is 16.5. The number of hydrogen-bond donors (Lipinski definition) is 3. The van der Waals surface area contributed by atoms with Gasteiger partial charge in [0.25, 0.3) is 0 Å². The molecule has 0 aromatic heterocycles.